The van der Waals surface area contributed by atoms with E-state index in [4.69, 9.17) is 9.79 Å². The molecule has 0 saturated carbocycles. The molecule has 2 aromatic rings. The number of aryl methyl sites for hydroxylation is 1. The highest BCUT2D eigenvalue weighted by atomic mass is 31.2. The van der Waals surface area contributed by atoms with Crippen LogP contribution in [0.2, 0.25) is 0 Å². The van der Waals surface area contributed by atoms with Gasteiger partial charge >= 0.3 is 7.82 Å². The third kappa shape index (κ3) is 4.70. The van der Waals surface area contributed by atoms with Gasteiger partial charge in [-0.3, -0.25) is 9.79 Å². The van der Waals surface area contributed by atoms with E-state index in [0.29, 0.717) is 5.56 Å². The monoisotopic (exact) mass is 356 g/mol. The molecule has 0 aromatic heterocycles. The first-order valence-corrected chi connectivity index (χ1v) is 8.42. The summed E-state index contributed by atoms with van der Waals surface area (Å²) in [6, 6.07) is 9.63. The minimum atomic E-state index is -4.95. The number of rotatable bonds is 6. The molecular formula is C15H17O8P. The summed E-state index contributed by atoms with van der Waals surface area (Å²) in [6.07, 6.45) is -0.198. The second-order valence-corrected chi connectivity index (χ2v) is 6.38. The van der Waals surface area contributed by atoms with Crippen LogP contribution in [0.3, 0.4) is 0 Å². The van der Waals surface area contributed by atoms with Crippen LogP contribution in [0.1, 0.15) is 17.5 Å². The summed E-state index contributed by atoms with van der Waals surface area (Å²) in [5.74, 6) is -3.71. The lowest BCUT2D eigenvalue weighted by Gasteiger charge is -2.25. The standard InChI is InChI=1S/C15H17O8P/c16-11-4-1-3-10(9-11)7-8-15(18,19)14-12(17)5-2-6-13(14)23-24(20,21)22/h1-6,9,16-19H,7-8H2,(H2,20,21,22). The first kappa shape index (κ1) is 18.3. The van der Waals surface area contributed by atoms with Gasteiger partial charge in [0.25, 0.3) is 0 Å². The van der Waals surface area contributed by atoms with Gasteiger partial charge in [0.2, 0.25) is 0 Å². The van der Waals surface area contributed by atoms with Crippen LogP contribution >= 0.6 is 7.82 Å². The van der Waals surface area contributed by atoms with Gasteiger partial charge in [-0.1, -0.05) is 18.2 Å². The van der Waals surface area contributed by atoms with Crippen molar-refractivity contribution in [3.8, 4) is 17.2 Å². The van der Waals surface area contributed by atoms with Crippen LogP contribution in [-0.4, -0.2) is 30.2 Å². The number of hydrogen-bond donors (Lipinski definition) is 6. The lowest BCUT2D eigenvalue weighted by Crippen LogP contribution is -2.26. The van der Waals surface area contributed by atoms with Gasteiger partial charge < -0.3 is 24.9 Å². The smallest absolute Gasteiger partial charge is 0.508 e. The van der Waals surface area contributed by atoms with Crippen molar-refractivity contribution in [1.29, 1.82) is 0 Å². The predicted octanol–water partition coefficient (Wildman–Crippen LogP) is 1.34. The van der Waals surface area contributed by atoms with Gasteiger partial charge in [-0.05, 0) is 36.2 Å². The lowest BCUT2D eigenvalue weighted by molar-refractivity contribution is -0.175. The van der Waals surface area contributed by atoms with Gasteiger partial charge in [-0.15, -0.1) is 0 Å². The van der Waals surface area contributed by atoms with Crippen LogP contribution in [0.15, 0.2) is 42.5 Å². The Morgan fingerprint density at radius 2 is 1.71 bits per heavy atom. The van der Waals surface area contributed by atoms with Gasteiger partial charge in [0.05, 0.1) is 5.56 Å². The van der Waals surface area contributed by atoms with Gasteiger partial charge in [-0.2, -0.15) is 0 Å². The van der Waals surface area contributed by atoms with Crippen LogP contribution in [0.4, 0.5) is 0 Å². The van der Waals surface area contributed by atoms with Crippen molar-refractivity contribution in [3.63, 3.8) is 0 Å². The first-order chi connectivity index (χ1) is 11.1. The zero-order valence-corrected chi connectivity index (χ0v) is 13.3. The number of aliphatic hydroxyl groups is 2. The number of aromatic hydroxyl groups is 2. The average Bonchev–Trinajstić information content (AvgIpc) is 2.43. The van der Waals surface area contributed by atoms with Gasteiger partial charge in [-0.25, -0.2) is 4.57 Å². The molecule has 0 radical (unpaired) electrons. The van der Waals surface area contributed by atoms with Gasteiger partial charge in [0.1, 0.15) is 17.2 Å². The maximum Gasteiger partial charge on any atom is 0.524 e. The highest BCUT2D eigenvalue weighted by Gasteiger charge is 2.34. The van der Waals surface area contributed by atoms with Crippen molar-refractivity contribution >= 4 is 7.82 Å². The number of phenols is 2. The van der Waals surface area contributed by atoms with Crippen molar-refractivity contribution in [2.45, 2.75) is 18.6 Å². The van der Waals surface area contributed by atoms with E-state index in [1.165, 1.54) is 18.2 Å². The molecule has 0 amide bonds. The summed E-state index contributed by atoms with van der Waals surface area (Å²) in [5, 5.41) is 39.8. The molecular weight excluding hydrogens is 339 g/mol. The molecule has 9 heteroatoms. The normalized spacial score (nSPS) is 12.2. The van der Waals surface area contributed by atoms with Crippen molar-refractivity contribution in [2.75, 3.05) is 0 Å². The third-order valence-corrected chi connectivity index (χ3v) is 3.73. The molecule has 130 valence electrons. The average molecular weight is 356 g/mol. The molecule has 0 aliphatic carbocycles. The Bertz CT molecular complexity index is 768. The summed E-state index contributed by atoms with van der Waals surface area (Å²) >= 11 is 0. The fourth-order valence-corrected chi connectivity index (χ4v) is 2.69. The largest absolute Gasteiger partial charge is 0.524 e. The molecule has 0 bridgehead atoms. The van der Waals surface area contributed by atoms with Gasteiger partial charge in [0, 0.05) is 6.42 Å². The number of benzene rings is 2. The van der Waals surface area contributed by atoms with E-state index >= 15 is 0 Å². The molecule has 0 spiro atoms. The minimum absolute atomic E-state index is 0.0158. The Hall–Kier alpha value is -2.09. The number of hydrogen-bond acceptors (Lipinski definition) is 6. The molecule has 2 rings (SSSR count). The maximum atomic E-state index is 11.0. The van der Waals surface area contributed by atoms with Crippen molar-refractivity contribution in [1.82, 2.24) is 0 Å². The van der Waals surface area contributed by atoms with Crippen LogP contribution in [0, 0.1) is 0 Å². The van der Waals surface area contributed by atoms with Crippen LogP contribution < -0.4 is 4.52 Å². The quantitative estimate of drug-likeness (QED) is 0.336. The molecule has 0 saturated heterocycles. The lowest BCUT2D eigenvalue weighted by atomic mass is 9.96. The second-order valence-electron chi connectivity index (χ2n) is 5.22. The Morgan fingerprint density at radius 3 is 2.33 bits per heavy atom. The van der Waals surface area contributed by atoms with Crippen LogP contribution in [0.25, 0.3) is 0 Å². The summed E-state index contributed by atoms with van der Waals surface area (Å²) in [7, 11) is -4.95. The van der Waals surface area contributed by atoms with E-state index < -0.39 is 30.7 Å². The second kappa shape index (κ2) is 6.80. The fraction of sp³-hybridized carbons (Fsp3) is 0.200. The summed E-state index contributed by atoms with van der Waals surface area (Å²) in [4.78, 5) is 17.8. The van der Waals surface area contributed by atoms with E-state index in [1.54, 1.807) is 12.1 Å². The summed E-state index contributed by atoms with van der Waals surface area (Å²) in [6.45, 7) is 0. The Morgan fingerprint density at radius 1 is 1.04 bits per heavy atom. The molecule has 24 heavy (non-hydrogen) atoms. The maximum absolute atomic E-state index is 11.0. The molecule has 2 aromatic carbocycles. The SMILES string of the molecule is O=P(O)(O)Oc1cccc(O)c1C(O)(O)CCc1cccc(O)c1. The zero-order valence-electron chi connectivity index (χ0n) is 12.4. The topological polar surface area (TPSA) is 148 Å². The minimum Gasteiger partial charge on any atom is -0.508 e. The molecule has 0 aliphatic rings. The Kier molecular flexibility index (Phi) is 5.17. The molecule has 6 N–H and O–H groups in total. The van der Waals surface area contributed by atoms with E-state index in [2.05, 4.69) is 4.52 Å². The molecule has 0 aliphatic heterocycles. The predicted molar refractivity (Wildman–Crippen MR) is 83.3 cm³/mol. The highest BCUT2D eigenvalue weighted by molar-refractivity contribution is 7.46. The number of phenolic OH excluding ortho intramolecular Hbond substituents is 2. The van der Waals surface area contributed by atoms with Gasteiger partial charge in [0.15, 0.2) is 5.79 Å². The van der Waals surface area contributed by atoms with Crippen LogP contribution in [-0.2, 0) is 16.8 Å². The zero-order chi connectivity index (χ0) is 18.0. The van der Waals surface area contributed by atoms with Crippen molar-refractivity contribution in [2.24, 2.45) is 0 Å². The highest BCUT2D eigenvalue weighted by Crippen LogP contribution is 2.45. The third-order valence-electron chi connectivity index (χ3n) is 3.29. The summed E-state index contributed by atoms with van der Waals surface area (Å²) < 4.78 is 15.4. The van der Waals surface area contributed by atoms with E-state index in [9.17, 15) is 25.0 Å². The van der Waals surface area contributed by atoms with Crippen LogP contribution in [0.5, 0.6) is 17.2 Å². The van der Waals surface area contributed by atoms with E-state index in [1.807, 2.05) is 0 Å². The molecule has 0 unspecified atom stereocenters. The summed E-state index contributed by atoms with van der Waals surface area (Å²) in [5.41, 5.74) is 0.0591. The Balaban J connectivity index is 2.29. The number of phosphoric acid groups is 1. The molecule has 0 atom stereocenters. The molecule has 8 nitrogen and oxygen atoms in total. The fourth-order valence-electron chi connectivity index (χ4n) is 2.28. The van der Waals surface area contributed by atoms with Crippen molar-refractivity contribution < 1.29 is 39.3 Å². The first-order valence-electron chi connectivity index (χ1n) is 6.89. The number of phosphoric ester groups is 1. The van der Waals surface area contributed by atoms with E-state index in [0.717, 1.165) is 12.1 Å². The van der Waals surface area contributed by atoms with Crippen molar-refractivity contribution in [3.05, 3.63) is 53.6 Å². The Labute approximate surface area is 137 Å². The molecule has 0 heterocycles. The van der Waals surface area contributed by atoms with E-state index in [-0.39, 0.29) is 18.6 Å². The molecule has 0 fully saturated rings.